The third-order valence-corrected chi connectivity index (χ3v) is 4.52. The molecule has 0 aliphatic rings. The van der Waals surface area contributed by atoms with Crippen LogP contribution in [0.1, 0.15) is 30.1 Å². The van der Waals surface area contributed by atoms with Crippen molar-refractivity contribution in [3.05, 3.63) is 47.9 Å². The van der Waals surface area contributed by atoms with Gasteiger partial charge in [0, 0.05) is 57.6 Å². The highest BCUT2D eigenvalue weighted by Crippen LogP contribution is 2.26. The number of ether oxygens (including phenoxy) is 1. The molecule has 3 rings (SSSR count). The number of aromatic nitrogens is 4. The smallest absolute Gasteiger partial charge is 0.142 e. The summed E-state index contributed by atoms with van der Waals surface area (Å²) < 4.78 is 9.79. The van der Waals surface area contributed by atoms with Gasteiger partial charge in [0.25, 0.3) is 0 Å². The maximum Gasteiger partial charge on any atom is 0.142 e. The molecule has 6 heteroatoms. The van der Waals surface area contributed by atoms with Gasteiger partial charge in [-0.2, -0.15) is 0 Å². The molecule has 0 saturated heterocycles. The monoisotopic (exact) mass is 327 g/mol. The van der Waals surface area contributed by atoms with E-state index in [1.807, 2.05) is 26.2 Å². The van der Waals surface area contributed by atoms with Gasteiger partial charge in [0.2, 0.25) is 0 Å². The summed E-state index contributed by atoms with van der Waals surface area (Å²) >= 11 is 0. The highest BCUT2D eigenvalue weighted by Gasteiger charge is 2.15. The predicted octanol–water partition coefficient (Wildman–Crippen LogP) is 2.99. The van der Waals surface area contributed by atoms with Gasteiger partial charge in [-0.15, -0.1) is 0 Å². The molecule has 0 fully saturated rings. The number of hydrogen-bond acceptors (Lipinski definition) is 4. The maximum atomic E-state index is 5.54. The van der Waals surface area contributed by atoms with Crippen LogP contribution in [0, 0.1) is 13.8 Å². The molecule has 0 aliphatic carbocycles. The number of anilines is 1. The van der Waals surface area contributed by atoms with Crippen molar-refractivity contribution in [2.45, 2.75) is 33.4 Å². The third kappa shape index (κ3) is 3.14. The third-order valence-electron chi connectivity index (χ3n) is 4.52. The van der Waals surface area contributed by atoms with E-state index in [-0.39, 0.29) is 6.10 Å². The van der Waals surface area contributed by atoms with E-state index in [0.29, 0.717) is 0 Å². The summed E-state index contributed by atoms with van der Waals surface area (Å²) in [6.07, 6.45) is 8.04. The average Bonchev–Trinajstić information content (AvgIpc) is 3.15. The Balaban J connectivity index is 1.89. The SMILES string of the molecule is CO[C@H](C)c1cc(N(C)CCn2ccnc2C)cn2cc(C)nc12. The van der Waals surface area contributed by atoms with Crippen LogP contribution in [0.2, 0.25) is 0 Å². The van der Waals surface area contributed by atoms with Crippen LogP contribution in [0.4, 0.5) is 5.69 Å². The normalized spacial score (nSPS) is 12.7. The summed E-state index contributed by atoms with van der Waals surface area (Å²) in [4.78, 5) is 11.2. The Kier molecular flexibility index (Phi) is 4.57. The molecule has 0 aliphatic heterocycles. The number of hydrogen-bond donors (Lipinski definition) is 0. The first-order valence-corrected chi connectivity index (χ1v) is 8.20. The molecule has 0 spiro atoms. The standard InChI is InChI=1S/C18H25N5O/c1-13-11-23-12-16(10-17(14(2)24-5)18(23)20-13)21(4)8-9-22-7-6-19-15(22)3/h6-7,10-12,14H,8-9H2,1-5H3/t14-/m1/s1. The van der Waals surface area contributed by atoms with Gasteiger partial charge in [-0.05, 0) is 26.8 Å². The largest absolute Gasteiger partial charge is 0.377 e. The Bertz CT molecular complexity index is 835. The van der Waals surface area contributed by atoms with Gasteiger partial charge in [0.1, 0.15) is 11.5 Å². The minimum absolute atomic E-state index is 0.00135. The summed E-state index contributed by atoms with van der Waals surface area (Å²) in [6, 6.07) is 2.18. The zero-order valence-corrected chi connectivity index (χ0v) is 15.0. The van der Waals surface area contributed by atoms with E-state index >= 15 is 0 Å². The summed E-state index contributed by atoms with van der Waals surface area (Å²) in [7, 11) is 3.84. The van der Waals surface area contributed by atoms with Crippen molar-refractivity contribution in [3.63, 3.8) is 0 Å². The number of methoxy groups -OCH3 is 1. The first-order valence-electron chi connectivity index (χ1n) is 8.20. The van der Waals surface area contributed by atoms with Crippen LogP contribution in [-0.4, -0.2) is 39.6 Å². The topological polar surface area (TPSA) is 47.6 Å². The molecule has 0 aromatic carbocycles. The molecule has 0 saturated carbocycles. The highest BCUT2D eigenvalue weighted by molar-refractivity contribution is 5.59. The molecule has 1 atom stereocenters. The number of nitrogens with zero attached hydrogens (tertiary/aromatic N) is 5. The molecule has 0 radical (unpaired) electrons. The molecular formula is C18H25N5O. The molecule has 0 unspecified atom stereocenters. The van der Waals surface area contributed by atoms with Gasteiger partial charge in [0.15, 0.2) is 0 Å². The average molecular weight is 327 g/mol. The Labute approximate surface area is 142 Å². The fourth-order valence-corrected chi connectivity index (χ4v) is 2.89. The Morgan fingerprint density at radius 2 is 2.08 bits per heavy atom. The van der Waals surface area contributed by atoms with Gasteiger partial charge in [0.05, 0.1) is 17.5 Å². The van der Waals surface area contributed by atoms with Crippen molar-refractivity contribution in [1.29, 1.82) is 0 Å². The zero-order valence-electron chi connectivity index (χ0n) is 15.0. The number of likely N-dealkylation sites (N-methyl/N-ethyl adjacent to an activating group) is 1. The van der Waals surface area contributed by atoms with Crippen LogP contribution in [0.15, 0.2) is 30.9 Å². The minimum Gasteiger partial charge on any atom is -0.377 e. The van der Waals surface area contributed by atoms with Crippen LogP contribution >= 0.6 is 0 Å². The second kappa shape index (κ2) is 6.65. The summed E-state index contributed by atoms with van der Waals surface area (Å²) in [5, 5.41) is 0. The predicted molar refractivity (Wildman–Crippen MR) is 95.6 cm³/mol. The lowest BCUT2D eigenvalue weighted by atomic mass is 10.1. The van der Waals surface area contributed by atoms with E-state index in [0.717, 1.165) is 41.5 Å². The van der Waals surface area contributed by atoms with Crippen molar-refractivity contribution in [2.24, 2.45) is 0 Å². The lowest BCUT2D eigenvalue weighted by Crippen LogP contribution is -2.23. The molecule has 24 heavy (non-hydrogen) atoms. The fraction of sp³-hybridized carbons (Fsp3) is 0.444. The molecule has 128 valence electrons. The van der Waals surface area contributed by atoms with Crippen LogP contribution in [0.25, 0.3) is 5.65 Å². The summed E-state index contributed by atoms with van der Waals surface area (Å²) in [5.74, 6) is 1.04. The van der Waals surface area contributed by atoms with Crippen LogP contribution in [0.5, 0.6) is 0 Å². The van der Waals surface area contributed by atoms with E-state index in [2.05, 4.69) is 56.3 Å². The lowest BCUT2D eigenvalue weighted by molar-refractivity contribution is 0.120. The maximum absolute atomic E-state index is 5.54. The Hall–Kier alpha value is -2.34. The second-order valence-electron chi connectivity index (χ2n) is 6.23. The van der Waals surface area contributed by atoms with Crippen molar-refractivity contribution in [2.75, 3.05) is 25.6 Å². The van der Waals surface area contributed by atoms with Crippen molar-refractivity contribution in [3.8, 4) is 0 Å². The molecule has 3 heterocycles. The molecule has 0 amide bonds. The molecule has 6 nitrogen and oxygen atoms in total. The number of imidazole rings is 2. The first kappa shape index (κ1) is 16.5. The quantitative estimate of drug-likeness (QED) is 0.698. The van der Waals surface area contributed by atoms with Crippen molar-refractivity contribution < 1.29 is 4.74 Å². The van der Waals surface area contributed by atoms with Crippen LogP contribution in [-0.2, 0) is 11.3 Å². The zero-order chi connectivity index (χ0) is 17.3. The first-order chi connectivity index (χ1) is 11.5. The van der Waals surface area contributed by atoms with Gasteiger partial charge in [-0.25, -0.2) is 9.97 Å². The summed E-state index contributed by atoms with van der Waals surface area (Å²) in [5.41, 5.74) is 4.23. The minimum atomic E-state index is -0.00135. The second-order valence-corrected chi connectivity index (χ2v) is 6.23. The Morgan fingerprint density at radius 3 is 2.75 bits per heavy atom. The van der Waals surface area contributed by atoms with E-state index in [9.17, 15) is 0 Å². The number of rotatable bonds is 6. The van der Waals surface area contributed by atoms with E-state index in [1.165, 1.54) is 0 Å². The van der Waals surface area contributed by atoms with Gasteiger partial charge < -0.3 is 18.6 Å². The fourth-order valence-electron chi connectivity index (χ4n) is 2.89. The summed E-state index contributed by atoms with van der Waals surface area (Å²) in [6.45, 7) is 7.89. The number of aryl methyl sites for hydroxylation is 2. The Morgan fingerprint density at radius 1 is 1.29 bits per heavy atom. The van der Waals surface area contributed by atoms with Crippen LogP contribution in [0.3, 0.4) is 0 Å². The number of pyridine rings is 1. The van der Waals surface area contributed by atoms with Gasteiger partial charge >= 0.3 is 0 Å². The highest BCUT2D eigenvalue weighted by atomic mass is 16.5. The van der Waals surface area contributed by atoms with Crippen molar-refractivity contribution in [1.82, 2.24) is 18.9 Å². The molecule has 0 bridgehead atoms. The number of fused-ring (bicyclic) bond motifs is 1. The van der Waals surface area contributed by atoms with E-state index in [4.69, 9.17) is 4.74 Å². The molecule has 0 N–H and O–H groups in total. The molecule has 3 aromatic heterocycles. The van der Waals surface area contributed by atoms with Gasteiger partial charge in [-0.3, -0.25) is 0 Å². The van der Waals surface area contributed by atoms with E-state index < -0.39 is 0 Å². The van der Waals surface area contributed by atoms with Gasteiger partial charge in [-0.1, -0.05) is 0 Å². The van der Waals surface area contributed by atoms with E-state index in [1.54, 1.807) is 7.11 Å². The molecule has 3 aromatic rings. The lowest BCUT2D eigenvalue weighted by Gasteiger charge is -2.22. The van der Waals surface area contributed by atoms with Crippen molar-refractivity contribution >= 4 is 11.3 Å². The van der Waals surface area contributed by atoms with Crippen LogP contribution < -0.4 is 4.90 Å². The molecular weight excluding hydrogens is 302 g/mol.